The molecule has 0 amide bonds. The number of nitrogens with zero attached hydrogens (tertiary/aromatic N) is 2. The normalized spacial score (nSPS) is 16.1. The van der Waals surface area contributed by atoms with Crippen LogP contribution in [-0.2, 0) is 6.54 Å². The van der Waals surface area contributed by atoms with Gasteiger partial charge in [0, 0.05) is 11.4 Å². The van der Waals surface area contributed by atoms with E-state index in [0.29, 0.717) is 19.8 Å². The maximum atomic E-state index is 5.82. The minimum atomic E-state index is 0.0541. The molecule has 1 aromatic carbocycles. The highest BCUT2D eigenvalue weighted by atomic mass is 16.6. The van der Waals surface area contributed by atoms with Crippen LogP contribution in [0.3, 0.4) is 0 Å². The standard InChI is InChI=1S/C12H15N3O2/c1-8(13)7-15-11-9(6-14-15)2-3-10-12(11)17-5-4-16-10/h2-3,6,8H,4-5,7,13H2,1H3. The molecule has 3 rings (SSSR count). The van der Waals surface area contributed by atoms with Crippen molar-refractivity contribution in [1.82, 2.24) is 9.78 Å². The van der Waals surface area contributed by atoms with Gasteiger partial charge in [-0.15, -0.1) is 0 Å². The van der Waals surface area contributed by atoms with Crippen molar-refractivity contribution in [3.63, 3.8) is 0 Å². The first-order valence-electron chi connectivity index (χ1n) is 5.75. The zero-order chi connectivity index (χ0) is 11.8. The zero-order valence-corrected chi connectivity index (χ0v) is 9.72. The molecular formula is C12H15N3O2. The quantitative estimate of drug-likeness (QED) is 0.845. The van der Waals surface area contributed by atoms with Crippen LogP contribution in [0.2, 0.25) is 0 Å². The van der Waals surface area contributed by atoms with Crippen LogP contribution >= 0.6 is 0 Å². The lowest BCUT2D eigenvalue weighted by Gasteiger charge is -2.19. The first-order valence-corrected chi connectivity index (χ1v) is 5.75. The third-order valence-corrected chi connectivity index (χ3v) is 2.77. The Labute approximate surface area is 99.1 Å². The summed E-state index contributed by atoms with van der Waals surface area (Å²) in [5, 5.41) is 5.40. The van der Waals surface area contributed by atoms with Gasteiger partial charge in [0.2, 0.25) is 0 Å². The molecule has 5 nitrogen and oxygen atoms in total. The van der Waals surface area contributed by atoms with Crippen molar-refractivity contribution in [1.29, 1.82) is 0 Å². The Morgan fingerprint density at radius 1 is 1.41 bits per heavy atom. The van der Waals surface area contributed by atoms with Crippen LogP contribution in [0.15, 0.2) is 18.3 Å². The fourth-order valence-corrected chi connectivity index (χ4v) is 2.09. The predicted octanol–water partition coefficient (Wildman–Crippen LogP) is 1.15. The van der Waals surface area contributed by atoms with E-state index in [4.69, 9.17) is 15.2 Å². The highest BCUT2D eigenvalue weighted by Gasteiger charge is 2.18. The first kappa shape index (κ1) is 10.4. The average Bonchev–Trinajstić information content (AvgIpc) is 2.72. The van der Waals surface area contributed by atoms with Gasteiger partial charge in [-0.05, 0) is 19.1 Å². The Morgan fingerprint density at radius 2 is 2.24 bits per heavy atom. The molecule has 1 aromatic heterocycles. The molecule has 1 aliphatic rings. The van der Waals surface area contributed by atoms with Crippen LogP contribution < -0.4 is 15.2 Å². The fourth-order valence-electron chi connectivity index (χ4n) is 2.09. The molecule has 17 heavy (non-hydrogen) atoms. The van der Waals surface area contributed by atoms with E-state index in [9.17, 15) is 0 Å². The minimum absolute atomic E-state index is 0.0541. The van der Waals surface area contributed by atoms with Crippen LogP contribution in [0.4, 0.5) is 0 Å². The Morgan fingerprint density at radius 3 is 3.06 bits per heavy atom. The number of fused-ring (bicyclic) bond motifs is 3. The van der Waals surface area contributed by atoms with Gasteiger partial charge < -0.3 is 15.2 Å². The van der Waals surface area contributed by atoms with Gasteiger partial charge in [-0.1, -0.05) is 0 Å². The van der Waals surface area contributed by atoms with Crippen molar-refractivity contribution < 1.29 is 9.47 Å². The summed E-state index contributed by atoms with van der Waals surface area (Å²) in [7, 11) is 0. The van der Waals surface area contributed by atoms with E-state index in [1.54, 1.807) is 0 Å². The second-order valence-electron chi connectivity index (χ2n) is 4.33. The Balaban J connectivity index is 2.17. The van der Waals surface area contributed by atoms with E-state index in [2.05, 4.69) is 5.10 Å². The molecule has 2 heterocycles. The number of ether oxygens (including phenoxy) is 2. The monoisotopic (exact) mass is 233 g/mol. The summed E-state index contributed by atoms with van der Waals surface area (Å²) in [6, 6.07) is 3.97. The highest BCUT2D eigenvalue weighted by molar-refractivity contribution is 5.87. The van der Waals surface area contributed by atoms with E-state index in [1.165, 1.54) is 0 Å². The van der Waals surface area contributed by atoms with Gasteiger partial charge in [-0.3, -0.25) is 4.68 Å². The predicted molar refractivity (Wildman–Crippen MR) is 64.4 cm³/mol. The largest absolute Gasteiger partial charge is 0.486 e. The van der Waals surface area contributed by atoms with Crippen molar-refractivity contribution in [2.45, 2.75) is 19.5 Å². The molecule has 0 saturated carbocycles. The topological polar surface area (TPSA) is 62.3 Å². The smallest absolute Gasteiger partial charge is 0.187 e. The first-order chi connectivity index (χ1) is 8.25. The lowest BCUT2D eigenvalue weighted by atomic mass is 10.2. The minimum Gasteiger partial charge on any atom is -0.486 e. The molecule has 1 unspecified atom stereocenters. The molecule has 0 radical (unpaired) electrons. The van der Waals surface area contributed by atoms with Crippen LogP contribution in [-0.4, -0.2) is 29.0 Å². The molecule has 1 atom stereocenters. The molecule has 0 aliphatic carbocycles. The van der Waals surface area contributed by atoms with Crippen molar-refractivity contribution >= 4 is 10.9 Å². The summed E-state index contributed by atoms with van der Waals surface area (Å²) in [6.07, 6.45) is 1.83. The maximum Gasteiger partial charge on any atom is 0.187 e. The van der Waals surface area contributed by atoms with E-state index < -0.39 is 0 Å². The average molecular weight is 233 g/mol. The van der Waals surface area contributed by atoms with E-state index in [1.807, 2.05) is 29.9 Å². The number of hydrogen-bond acceptors (Lipinski definition) is 4. The third-order valence-electron chi connectivity index (χ3n) is 2.77. The molecular weight excluding hydrogens is 218 g/mol. The lowest BCUT2D eigenvalue weighted by molar-refractivity contribution is 0.173. The van der Waals surface area contributed by atoms with Gasteiger partial charge in [0.15, 0.2) is 11.5 Å². The molecule has 2 N–H and O–H groups in total. The van der Waals surface area contributed by atoms with Crippen molar-refractivity contribution in [3.05, 3.63) is 18.3 Å². The van der Waals surface area contributed by atoms with Gasteiger partial charge in [-0.2, -0.15) is 5.10 Å². The molecule has 0 bridgehead atoms. The van der Waals surface area contributed by atoms with Crippen LogP contribution in [0.25, 0.3) is 10.9 Å². The number of rotatable bonds is 2. The van der Waals surface area contributed by atoms with Gasteiger partial charge in [0.25, 0.3) is 0 Å². The molecule has 0 fully saturated rings. The van der Waals surface area contributed by atoms with Gasteiger partial charge in [0.1, 0.15) is 18.7 Å². The van der Waals surface area contributed by atoms with E-state index in [0.717, 1.165) is 22.4 Å². The second kappa shape index (κ2) is 3.92. The maximum absolute atomic E-state index is 5.82. The van der Waals surface area contributed by atoms with Crippen molar-refractivity contribution in [2.75, 3.05) is 13.2 Å². The molecule has 1 aliphatic heterocycles. The summed E-state index contributed by atoms with van der Waals surface area (Å²) in [4.78, 5) is 0. The highest BCUT2D eigenvalue weighted by Crippen LogP contribution is 2.37. The van der Waals surface area contributed by atoms with Gasteiger partial charge in [-0.25, -0.2) is 0 Å². The lowest BCUT2D eigenvalue weighted by Crippen LogP contribution is -2.23. The molecule has 2 aromatic rings. The number of hydrogen-bond donors (Lipinski definition) is 1. The second-order valence-corrected chi connectivity index (χ2v) is 4.33. The Hall–Kier alpha value is -1.75. The van der Waals surface area contributed by atoms with Crippen LogP contribution in [0.1, 0.15) is 6.92 Å². The Kier molecular flexibility index (Phi) is 2.40. The van der Waals surface area contributed by atoms with Crippen LogP contribution in [0.5, 0.6) is 11.5 Å². The molecule has 0 spiro atoms. The zero-order valence-electron chi connectivity index (χ0n) is 9.72. The number of aromatic nitrogens is 2. The molecule has 90 valence electrons. The molecule has 0 saturated heterocycles. The van der Waals surface area contributed by atoms with Gasteiger partial charge >= 0.3 is 0 Å². The summed E-state index contributed by atoms with van der Waals surface area (Å²) >= 11 is 0. The molecule has 5 heteroatoms. The van der Waals surface area contributed by atoms with Crippen LogP contribution in [0, 0.1) is 0 Å². The summed E-state index contributed by atoms with van der Waals surface area (Å²) in [6.45, 7) is 3.80. The summed E-state index contributed by atoms with van der Waals surface area (Å²) in [5.74, 6) is 1.57. The summed E-state index contributed by atoms with van der Waals surface area (Å²) < 4.78 is 13.1. The SMILES string of the molecule is CC(N)Cn1ncc2ccc3c(c21)OCCO3. The van der Waals surface area contributed by atoms with Crippen molar-refractivity contribution in [3.8, 4) is 11.5 Å². The fraction of sp³-hybridized carbons (Fsp3) is 0.417. The van der Waals surface area contributed by atoms with Gasteiger partial charge in [0.05, 0.1) is 12.7 Å². The van der Waals surface area contributed by atoms with E-state index in [-0.39, 0.29) is 6.04 Å². The number of nitrogens with two attached hydrogens (primary N) is 1. The summed E-state index contributed by atoms with van der Waals surface area (Å²) in [5.41, 5.74) is 6.79. The number of benzene rings is 1. The van der Waals surface area contributed by atoms with Crippen molar-refractivity contribution in [2.24, 2.45) is 5.73 Å². The Bertz CT molecular complexity index is 548. The van der Waals surface area contributed by atoms with E-state index >= 15 is 0 Å². The third kappa shape index (κ3) is 1.72.